The average Bonchev–Trinajstić information content (AvgIpc) is 3.13. The van der Waals surface area contributed by atoms with Gasteiger partial charge >= 0.3 is 0 Å². The third kappa shape index (κ3) is 3.30. The van der Waals surface area contributed by atoms with E-state index in [4.69, 9.17) is 5.73 Å². The van der Waals surface area contributed by atoms with Crippen molar-refractivity contribution in [1.82, 2.24) is 4.98 Å². The molecule has 0 saturated carbocycles. The highest BCUT2D eigenvalue weighted by atomic mass is 16.3. The van der Waals surface area contributed by atoms with Gasteiger partial charge in [-0.25, -0.2) is 0 Å². The Kier molecular flexibility index (Phi) is 4.69. The zero-order valence-corrected chi connectivity index (χ0v) is 15.4. The molecular formula is C21H20N5O3. The first-order valence-electron chi connectivity index (χ1n) is 9.07. The molecular weight excluding hydrogens is 370 g/mol. The smallest absolute Gasteiger partial charge is 0.269 e. The number of aromatic nitrogens is 1. The number of primary amides is 1. The number of carbonyl (C=O) groups excluding carboxylic acids is 1. The van der Waals surface area contributed by atoms with Crippen molar-refractivity contribution in [2.45, 2.75) is 11.8 Å². The number of hydrogen-bond donors (Lipinski definition) is 6. The number of fused-ring (bicyclic) bond motifs is 1. The second kappa shape index (κ2) is 7.33. The molecule has 7 N–H and O–H groups in total. The summed E-state index contributed by atoms with van der Waals surface area (Å²) in [5.41, 5.74) is 5.89. The number of nitrogens with two attached hydrogens (primary N) is 1. The standard InChI is InChI=1S/C21H20N5O3/c22-20(29)21(25-14-8-4-5-9-15(14)26-21)18-16(10-11-23-19(18)28)24-12-17(27)13-6-2-1-3-7-13/h1-8,10-11,17,25-27H,12H2,(H2,22,29)(H2,23,24,28)/t17-,21?/m0/s1. The molecule has 4 rings (SSSR count). The van der Waals surface area contributed by atoms with E-state index in [0.29, 0.717) is 17.1 Å². The molecule has 29 heavy (non-hydrogen) atoms. The summed E-state index contributed by atoms with van der Waals surface area (Å²) in [5, 5.41) is 19.5. The normalized spacial score (nSPS) is 14.9. The number of anilines is 3. The van der Waals surface area contributed by atoms with Crippen LogP contribution in [0.25, 0.3) is 0 Å². The number of aliphatic hydroxyl groups excluding tert-OH is 1. The summed E-state index contributed by atoms with van der Waals surface area (Å²) in [5.74, 6) is -0.773. The van der Waals surface area contributed by atoms with Crippen molar-refractivity contribution in [2.75, 3.05) is 22.5 Å². The summed E-state index contributed by atoms with van der Waals surface area (Å²) in [4.78, 5) is 27.8. The Bertz CT molecular complexity index is 1070. The highest BCUT2D eigenvalue weighted by molar-refractivity contribution is 5.98. The quantitative estimate of drug-likeness (QED) is 0.378. The van der Waals surface area contributed by atoms with Crippen LogP contribution in [0.2, 0.25) is 0 Å². The van der Waals surface area contributed by atoms with Gasteiger partial charge in [-0.2, -0.15) is 0 Å². The molecule has 3 aromatic rings. The number of benzene rings is 2. The molecule has 2 aromatic carbocycles. The Morgan fingerprint density at radius 1 is 1.17 bits per heavy atom. The summed E-state index contributed by atoms with van der Waals surface area (Å²) in [6, 6.07) is 19.0. The van der Waals surface area contributed by atoms with Gasteiger partial charge in [-0.05, 0) is 17.7 Å². The van der Waals surface area contributed by atoms with Crippen molar-refractivity contribution in [3.8, 4) is 0 Å². The van der Waals surface area contributed by atoms with E-state index in [-0.39, 0.29) is 12.1 Å². The first-order chi connectivity index (χ1) is 14.0. The van der Waals surface area contributed by atoms with E-state index in [0.717, 1.165) is 5.56 Å². The number of nitrogens with one attached hydrogen (secondary N) is 4. The minimum atomic E-state index is -1.66. The summed E-state index contributed by atoms with van der Waals surface area (Å²) in [6.07, 6.45) is 0.661. The van der Waals surface area contributed by atoms with Gasteiger partial charge in [0.1, 0.15) is 0 Å². The molecule has 1 aromatic heterocycles. The summed E-state index contributed by atoms with van der Waals surface area (Å²) in [7, 11) is 0. The second-order valence-corrected chi connectivity index (χ2v) is 6.73. The fourth-order valence-electron chi connectivity index (χ4n) is 3.43. The molecule has 0 bridgehead atoms. The molecule has 1 aliphatic rings. The molecule has 0 fully saturated rings. The van der Waals surface area contributed by atoms with Crippen LogP contribution in [-0.4, -0.2) is 22.5 Å². The lowest BCUT2D eigenvalue weighted by Crippen LogP contribution is -2.53. The van der Waals surface area contributed by atoms with Crippen molar-refractivity contribution in [3.63, 3.8) is 0 Å². The molecule has 1 amide bonds. The first kappa shape index (κ1) is 18.6. The van der Waals surface area contributed by atoms with Gasteiger partial charge in [-0.15, -0.1) is 0 Å². The Labute approximate surface area is 166 Å². The fourth-order valence-corrected chi connectivity index (χ4v) is 3.43. The number of aromatic amines is 1. The molecule has 8 heteroatoms. The lowest BCUT2D eigenvalue weighted by molar-refractivity contribution is -0.121. The zero-order chi connectivity index (χ0) is 20.4. The van der Waals surface area contributed by atoms with Gasteiger partial charge in [0, 0.05) is 24.5 Å². The number of H-pyrrole nitrogens is 1. The van der Waals surface area contributed by atoms with Crippen LogP contribution in [0.4, 0.5) is 17.1 Å². The molecule has 0 aliphatic carbocycles. The lowest BCUT2D eigenvalue weighted by atomic mass is 9.98. The Morgan fingerprint density at radius 2 is 1.97 bits per heavy atom. The molecule has 0 spiro atoms. The predicted molar refractivity (Wildman–Crippen MR) is 110 cm³/mol. The SMILES string of the molecule is NC(=O)C1(c2c(NC[C@H](O)c3ccccc3)cc[nH]c2=O)Nc2[c]cccc2N1. The van der Waals surface area contributed by atoms with Crippen LogP contribution in [-0.2, 0) is 10.5 Å². The Hall–Kier alpha value is -3.78. The van der Waals surface area contributed by atoms with Crippen LogP contribution >= 0.6 is 0 Å². The first-order valence-corrected chi connectivity index (χ1v) is 9.07. The maximum Gasteiger partial charge on any atom is 0.269 e. The lowest BCUT2D eigenvalue weighted by Gasteiger charge is -2.29. The predicted octanol–water partition coefficient (Wildman–Crippen LogP) is 1.50. The van der Waals surface area contributed by atoms with Crippen LogP contribution in [0.3, 0.4) is 0 Å². The van der Waals surface area contributed by atoms with Gasteiger partial charge in [0.05, 0.1) is 23.0 Å². The third-order valence-electron chi connectivity index (χ3n) is 4.87. The van der Waals surface area contributed by atoms with Crippen LogP contribution in [0.15, 0.2) is 65.6 Å². The maximum absolute atomic E-state index is 12.7. The van der Waals surface area contributed by atoms with E-state index in [1.165, 1.54) is 6.20 Å². The van der Waals surface area contributed by atoms with Crippen molar-refractivity contribution < 1.29 is 9.90 Å². The van der Waals surface area contributed by atoms with Gasteiger partial charge in [-0.1, -0.05) is 42.5 Å². The van der Waals surface area contributed by atoms with Gasteiger partial charge in [0.15, 0.2) is 0 Å². The van der Waals surface area contributed by atoms with E-state index in [1.807, 2.05) is 30.3 Å². The number of pyridine rings is 1. The highest BCUT2D eigenvalue weighted by Gasteiger charge is 2.47. The van der Waals surface area contributed by atoms with Gasteiger partial charge in [0.2, 0.25) is 5.66 Å². The monoisotopic (exact) mass is 390 g/mol. The summed E-state index contributed by atoms with van der Waals surface area (Å²) in [6.45, 7) is 0.133. The topological polar surface area (TPSA) is 132 Å². The van der Waals surface area contributed by atoms with E-state index in [9.17, 15) is 14.7 Å². The number of hydrogen-bond acceptors (Lipinski definition) is 6. The van der Waals surface area contributed by atoms with E-state index in [1.54, 1.807) is 24.3 Å². The van der Waals surface area contributed by atoms with Crippen LogP contribution in [0, 0.1) is 6.07 Å². The van der Waals surface area contributed by atoms with Crippen molar-refractivity contribution >= 4 is 23.0 Å². The minimum Gasteiger partial charge on any atom is -0.387 e. The van der Waals surface area contributed by atoms with Crippen molar-refractivity contribution in [2.24, 2.45) is 5.73 Å². The largest absolute Gasteiger partial charge is 0.387 e. The van der Waals surface area contributed by atoms with Gasteiger partial charge in [-0.3, -0.25) is 9.59 Å². The highest BCUT2D eigenvalue weighted by Crippen LogP contribution is 2.39. The molecule has 1 unspecified atom stereocenters. The number of carbonyl (C=O) groups is 1. The zero-order valence-electron chi connectivity index (χ0n) is 15.4. The minimum absolute atomic E-state index is 0.0809. The molecule has 0 saturated heterocycles. The molecule has 8 nitrogen and oxygen atoms in total. The maximum atomic E-state index is 12.7. The molecule has 2 atom stereocenters. The van der Waals surface area contributed by atoms with Crippen LogP contribution in [0.5, 0.6) is 0 Å². The molecule has 147 valence electrons. The van der Waals surface area contributed by atoms with E-state index < -0.39 is 23.2 Å². The van der Waals surface area contributed by atoms with Gasteiger partial charge < -0.3 is 31.8 Å². The number of para-hydroxylation sites is 1. The molecule has 1 radical (unpaired) electrons. The third-order valence-corrected chi connectivity index (χ3v) is 4.87. The number of aliphatic hydroxyl groups is 1. The fraction of sp³-hybridized carbons (Fsp3) is 0.143. The summed E-state index contributed by atoms with van der Waals surface area (Å²) < 4.78 is 0. The van der Waals surface area contributed by atoms with Gasteiger partial charge in [0.25, 0.3) is 11.5 Å². The Morgan fingerprint density at radius 3 is 2.69 bits per heavy atom. The van der Waals surface area contributed by atoms with Crippen LogP contribution < -0.4 is 27.2 Å². The van der Waals surface area contributed by atoms with E-state index >= 15 is 0 Å². The van der Waals surface area contributed by atoms with Crippen molar-refractivity contribution in [1.29, 1.82) is 0 Å². The average molecular weight is 390 g/mol. The van der Waals surface area contributed by atoms with E-state index in [2.05, 4.69) is 27.0 Å². The summed E-state index contributed by atoms with van der Waals surface area (Å²) >= 11 is 0. The van der Waals surface area contributed by atoms with Crippen LogP contribution in [0.1, 0.15) is 17.2 Å². The molecule has 1 aliphatic heterocycles. The molecule has 2 heterocycles. The Balaban J connectivity index is 1.69. The second-order valence-electron chi connectivity index (χ2n) is 6.73. The number of amides is 1. The number of rotatable bonds is 6. The van der Waals surface area contributed by atoms with Crippen molar-refractivity contribution in [3.05, 3.63) is 88.3 Å².